The monoisotopic (exact) mass is 353 g/mol. The van der Waals surface area contributed by atoms with Gasteiger partial charge in [0.25, 0.3) is 0 Å². The van der Waals surface area contributed by atoms with Gasteiger partial charge in [0.1, 0.15) is 0 Å². The zero-order valence-electron chi connectivity index (χ0n) is 15.5. The number of carbonyl (C=O) groups is 1. The number of aliphatic imine (C=N–C) groups is 1. The van der Waals surface area contributed by atoms with Gasteiger partial charge in [-0.05, 0) is 0 Å². The Morgan fingerprint density at radius 1 is 1.04 bits per heavy atom. The van der Waals surface area contributed by atoms with Crippen LogP contribution in [0.1, 0.15) is 6.92 Å². The molecule has 0 atom stereocenters. The Hall–Kier alpha value is -1.38. The molecule has 0 bridgehead atoms. The van der Waals surface area contributed by atoms with Gasteiger partial charge in [-0.25, -0.2) is 0 Å². The predicted molar refractivity (Wildman–Crippen MR) is 95.7 cm³/mol. The Bertz CT molecular complexity index is 481. The van der Waals surface area contributed by atoms with Crippen molar-refractivity contribution >= 4 is 11.9 Å². The van der Waals surface area contributed by atoms with Gasteiger partial charge >= 0.3 is 0 Å². The molecule has 0 unspecified atom stereocenters. The number of carbonyl (C=O) groups excluding carboxylic acids is 1. The highest BCUT2D eigenvalue weighted by molar-refractivity contribution is 5.80. The average molecular weight is 353 g/mol. The van der Waals surface area contributed by atoms with Crippen molar-refractivity contribution in [2.75, 3.05) is 85.8 Å². The van der Waals surface area contributed by atoms with Gasteiger partial charge in [-0.1, -0.05) is 6.92 Å². The van der Waals surface area contributed by atoms with E-state index in [1.807, 2.05) is 11.9 Å². The molecular weight excluding hydrogens is 322 g/mol. The smallest absolute Gasteiger partial charge is 0.236 e. The van der Waals surface area contributed by atoms with Crippen molar-refractivity contribution < 1.29 is 14.3 Å². The molecule has 0 aliphatic carbocycles. The second kappa shape index (κ2) is 8.33. The molecule has 0 aromatic carbocycles. The molecule has 0 aromatic heterocycles. The van der Waals surface area contributed by atoms with Crippen molar-refractivity contribution in [2.45, 2.75) is 6.92 Å². The van der Waals surface area contributed by atoms with Crippen LogP contribution in [-0.2, 0) is 14.3 Å². The summed E-state index contributed by atoms with van der Waals surface area (Å²) in [5.74, 6) is 1.17. The first-order valence-corrected chi connectivity index (χ1v) is 9.21. The molecule has 3 saturated heterocycles. The van der Waals surface area contributed by atoms with Gasteiger partial charge in [0.15, 0.2) is 5.96 Å². The molecule has 25 heavy (non-hydrogen) atoms. The van der Waals surface area contributed by atoms with Crippen LogP contribution in [0, 0.1) is 5.41 Å². The van der Waals surface area contributed by atoms with Crippen molar-refractivity contribution in [1.29, 1.82) is 0 Å². The summed E-state index contributed by atoms with van der Waals surface area (Å²) in [6.07, 6.45) is 0. The number of amides is 1. The van der Waals surface area contributed by atoms with E-state index in [1.165, 1.54) is 0 Å². The van der Waals surface area contributed by atoms with Crippen LogP contribution >= 0.6 is 0 Å². The number of rotatable bonds is 4. The highest BCUT2D eigenvalue weighted by Gasteiger charge is 2.34. The number of nitrogens with one attached hydrogen (secondary N) is 1. The van der Waals surface area contributed by atoms with E-state index in [0.717, 1.165) is 65.0 Å². The zero-order valence-corrected chi connectivity index (χ0v) is 15.5. The molecule has 8 heteroatoms. The zero-order chi connectivity index (χ0) is 17.7. The summed E-state index contributed by atoms with van der Waals surface area (Å²) in [6, 6.07) is 0. The van der Waals surface area contributed by atoms with E-state index in [0.29, 0.717) is 19.8 Å². The molecule has 1 amide bonds. The third-order valence-corrected chi connectivity index (χ3v) is 5.18. The van der Waals surface area contributed by atoms with Gasteiger partial charge in [-0.3, -0.25) is 14.7 Å². The van der Waals surface area contributed by atoms with Crippen molar-refractivity contribution in [3.63, 3.8) is 0 Å². The lowest BCUT2D eigenvalue weighted by molar-refractivity contribution is -0.136. The second-order valence-corrected chi connectivity index (χ2v) is 7.46. The fraction of sp³-hybridized carbons (Fsp3) is 0.882. The largest absolute Gasteiger partial charge is 0.380 e. The summed E-state index contributed by atoms with van der Waals surface area (Å²) in [4.78, 5) is 23.2. The normalized spacial score (nSPS) is 24.8. The fourth-order valence-corrected chi connectivity index (χ4v) is 3.40. The molecule has 0 spiro atoms. The minimum absolute atomic E-state index is 0.220. The fourth-order valence-electron chi connectivity index (χ4n) is 3.40. The Labute approximate surface area is 150 Å². The van der Waals surface area contributed by atoms with Gasteiger partial charge < -0.3 is 24.6 Å². The van der Waals surface area contributed by atoms with Crippen molar-refractivity contribution in [1.82, 2.24) is 20.0 Å². The van der Waals surface area contributed by atoms with Gasteiger partial charge in [-0.15, -0.1) is 0 Å². The Morgan fingerprint density at radius 3 is 2.28 bits per heavy atom. The number of ether oxygens (including phenoxy) is 2. The van der Waals surface area contributed by atoms with Crippen LogP contribution in [0.15, 0.2) is 4.99 Å². The standard InChI is InChI=1S/C17H31N5O3/c1-17(13-25-14-17)12-19-16(18-2)22-5-3-20(4-6-22)11-15(23)21-7-9-24-10-8-21/h3-14H2,1-2H3,(H,18,19). The molecule has 0 aromatic rings. The molecule has 3 heterocycles. The van der Waals surface area contributed by atoms with Crippen LogP contribution in [-0.4, -0.2) is 112 Å². The maximum atomic E-state index is 12.4. The lowest BCUT2D eigenvalue weighted by Crippen LogP contribution is -2.57. The quantitative estimate of drug-likeness (QED) is 0.521. The second-order valence-electron chi connectivity index (χ2n) is 7.46. The van der Waals surface area contributed by atoms with Crippen molar-refractivity contribution in [3.8, 4) is 0 Å². The summed E-state index contributed by atoms with van der Waals surface area (Å²) in [7, 11) is 1.83. The van der Waals surface area contributed by atoms with E-state index in [9.17, 15) is 4.79 Å². The van der Waals surface area contributed by atoms with E-state index in [-0.39, 0.29) is 11.3 Å². The topological polar surface area (TPSA) is 69.6 Å². The molecule has 0 radical (unpaired) electrons. The number of nitrogens with zero attached hydrogens (tertiary/aromatic N) is 4. The van der Waals surface area contributed by atoms with Crippen LogP contribution in [0.4, 0.5) is 0 Å². The number of piperazine rings is 1. The van der Waals surface area contributed by atoms with Crippen LogP contribution in [0.25, 0.3) is 0 Å². The third kappa shape index (κ3) is 4.83. The average Bonchev–Trinajstić information content (AvgIpc) is 2.62. The predicted octanol–water partition coefficient (Wildman–Crippen LogP) is -0.925. The van der Waals surface area contributed by atoms with Gasteiger partial charge in [0.05, 0.1) is 33.0 Å². The first-order valence-electron chi connectivity index (χ1n) is 9.21. The molecule has 3 aliphatic heterocycles. The van der Waals surface area contributed by atoms with Crippen LogP contribution < -0.4 is 5.32 Å². The Kier molecular flexibility index (Phi) is 6.14. The summed E-state index contributed by atoms with van der Waals surface area (Å²) >= 11 is 0. The highest BCUT2D eigenvalue weighted by Crippen LogP contribution is 2.25. The maximum Gasteiger partial charge on any atom is 0.236 e. The minimum atomic E-state index is 0.220. The van der Waals surface area contributed by atoms with Crippen LogP contribution in [0.2, 0.25) is 0 Å². The third-order valence-electron chi connectivity index (χ3n) is 5.18. The maximum absolute atomic E-state index is 12.4. The summed E-state index contributed by atoms with van der Waals surface area (Å²) in [5, 5.41) is 3.48. The summed E-state index contributed by atoms with van der Waals surface area (Å²) in [6.45, 7) is 11.6. The number of hydrogen-bond acceptors (Lipinski definition) is 5. The van der Waals surface area contributed by atoms with Crippen LogP contribution in [0.3, 0.4) is 0 Å². The molecule has 142 valence electrons. The molecule has 3 fully saturated rings. The SMILES string of the molecule is CN=C(NCC1(C)COC1)N1CCN(CC(=O)N2CCOCC2)CC1. The van der Waals surface area contributed by atoms with E-state index in [1.54, 1.807) is 0 Å². The van der Waals surface area contributed by atoms with E-state index in [4.69, 9.17) is 9.47 Å². The van der Waals surface area contributed by atoms with E-state index >= 15 is 0 Å². The van der Waals surface area contributed by atoms with Crippen molar-refractivity contribution in [2.24, 2.45) is 10.4 Å². The lowest BCUT2D eigenvalue weighted by atomic mass is 9.89. The van der Waals surface area contributed by atoms with E-state index in [2.05, 4.69) is 27.0 Å². The molecule has 0 saturated carbocycles. The highest BCUT2D eigenvalue weighted by atomic mass is 16.5. The minimum Gasteiger partial charge on any atom is -0.380 e. The van der Waals surface area contributed by atoms with Gasteiger partial charge in [0, 0.05) is 58.3 Å². The summed E-state index contributed by atoms with van der Waals surface area (Å²) < 4.78 is 10.6. The van der Waals surface area contributed by atoms with E-state index < -0.39 is 0 Å². The van der Waals surface area contributed by atoms with Crippen LogP contribution in [0.5, 0.6) is 0 Å². The first-order chi connectivity index (χ1) is 12.1. The number of hydrogen-bond donors (Lipinski definition) is 1. The number of morpholine rings is 1. The summed E-state index contributed by atoms with van der Waals surface area (Å²) in [5.41, 5.74) is 0.225. The van der Waals surface area contributed by atoms with Crippen molar-refractivity contribution in [3.05, 3.63) is 0 Å². The Morgan fingerprint density at radius 2 is 1.72 bits per heavy atom. The molecule has 1 N–H and O–H groups in total. The van der Waals surface area contributed by atoms with Gasteiger partial charge in [0.2, 0.25) is 5.91 Å². The molecule has 3 aliphatic rings. The Balaban J connectivity index is 1.40. The number of guanidine groups is 1. The molecule has 8 nitrogen and oxygen atoms in total. The molecular formula is C17H31N5O3. The molecule has 3 rings (SSSR count). The van der Waals surface area contributed by atoms with Gasteiger partial charge in [-0.2, -0.15) is 0 Å². The first kappa shape index (κ1) is 18.4. The lowest BCUT2D eigenvalue weighted by Gasteiger charge is -2.41.